The summed E-state index contributed by atoms with van der Waals surface area (Å²) in [6, 6.07) is 13.9. The van der Waals surface area contributed by atoms with Gasteiger partial charge in [0.1, 0.15) is 6.10 Å². The van der Waals surface area contributed by atoms with Gasteiger partial charge in [-0.05, 0) is 29.3 Å². The average Bonchev–Trinajstić information content (AvgIpc) is 2.85. The molecule has 2 aromatic carbocycles. The van der Waals surface area contributed by atoms with Crippen molar-refractivity contribution in [1.29, 1.82) is 0 Å². The predicted molar refractivity (Wildman–Crippen MR) is 86.3 cm³/mol. The lowest BCUT2D eigenvalue weighted by Gasteiger charge is -2.30. The zero-order valence-corrected chi connectivity index (χ0v) is 13.4. The van der Waals surface area contributed by atoms with Crippen LogP contribution in [0, 0.1) is 0 Å². The second-order valence-corrected chi connectivity index (χ2v) is 6.26. The molecule has 4 nitrogen and oxygen atoms in total. The first-order valence-electron chi connectivity index (χ1n) is 7.05. The number of hydrogen-bond donors (Lipinski definition) is 2. The second kappa shape index (κ2) is 6.20. The maximum Gasteiger partial charge on any atom is 0.254 e. The van der Waals surface area contributed by atoms with Gasteiger partial charge in [0.25, 0.3) is 5.91 Å². The Kier molecular flexibility index (Phi) is 4.29. The van der Waals surface area contributed by atoms with Gasteiger partial charge in [-0.2, -0.15) is 0 Å². The number of carbonyl (C=O) groups is 1. The van der Waals surface area contributed by atoms with Crippen LogP contribution in [0.25, 0.3) is 0 Å². The summed E-state index contributed by atoms with van der Waals surface area (Å²) in [4.78, 5) is 14.1. The standard InChI is InChI=1S/C17H16BrNO3/c18-13-6-7-14-12(8-13)9-19(17(14)22)15(10-20)16(21)11-4-2-1-3-5-11/h1-8,15-16,20-21H,9-10H2. The average molecular weight is 362 g/mol. The minimum Gasteiger partial charge on any atom is -0.394 e. The van der Waals surface area contributed by atoms with Crippen LogP contribution in [0.1, 0.15) is 27.6 Å². The van der Waals surface area contributed by atoms with Gasteiger partial charge in [0.05, 0.1) is 12.6 Å². The van der Waals surface area contributed by atoms with Crippen molar-refractivity contribution in [3.63, 3.8) is 0 Å². The Labute approximate surface area is 137 Å². The number of benzene rings is 2. The topological polar surface area (TPSA) is 60.8 Å². The summed E-state index contributed by atoms with van der Waals surface area (Å²) in [5.74, 6) is -0.156. The highest BCUT2D eigenvalue weighted by Gasteiger charge is 2.36. The molecule has 5 heteroatoms. The summed E-state index contributed by atoms with van der Waals surface area (Å²) in [7, 11) is 0. The van der Waals surface area contributed by atoms with E-state index in [1.165, 1.54) is 4.90 Å². The van der Waals surface area contributed by atoms with Crippen LogP contribution in [0.15, 0.2) is 53.0 Å². The summed E-state index contributed by atoms with van der Waals surface area (Å²) in [6.07, 6.45) is -0.923. The van der Waals surface area contributed by atoms with E-state index in [0.717, 1.165) is 10.0 Å². The number of halogens is 1. The largest absolute Gasteiger partial charge is 0.394 e. The molecule has 1 heterocycles. The van der Waals surface area contributed by atoms with E-state index < -0.39 is 12.1 Å². The fourth-order valence-corrected chi connectivity index (χ4v) is 3.23. The zero-order valence-electron chi connectivity index (χ0n) is 11.8. The highest BCUT2D eigenvalue weighted by atomic mass is 79.9. The number of aliphatic hydroxyl groups is 2. The highest BCUT2D eigenvalue weighted by molar-refractivity contribution is 9.10. The van der Waals surface area contributed by atoms with Gasteiger partial charge in [0.15, 0.2) is 0 Å². The molecule has 2 unspecified atom stereocenters. The third kappa shape index (κ3) is 2.67. The maximum atomic E-state index is 12.5. The van der Waals surface area contributed by atoms with E-state index in [9.17, 15) is 15.0 Å². The van der Waals surface area contributed by atoms with Gasteiger partial charge in [-0.15, -0.1) is 0 Å². The molecule has 1 amide bonds. The summed E-state index contributed by atoms with van der Waals surface area (Å²) in [5.41, 5.74) is 2.21. The van der Waals surface area contributed by atoms with Crippen LogP contribution in [0.3, 0.4) is 0 Å². The van der Waals surface area contributed by atoms with Gasteiger partial charge in [-0.1, -0.05) is 46.3 Å². The molecule has 2 N–H and O–H groups in total. The number of carbonyl (C=O) groups excluding carboxylic acids is 1. The zero-order chi connectivity index (χ0) is 15.7. The third-order valence-corrected chi connectivity index (χ3v) is 4.49. The molecule has 0 saturated carbocycles. The molecule has 0 radical (unpaired) electrons. The second-order valence-electron chi connectivity index (χ2n) is 5.34. The van der Waals surface area contributed by atoms with E-state index in [1.807, 2.05) is 30.3 Å². The fraction of sp³-hybridized carbons (Fsp3) is 0.235. The van der Waals surface area contributed by atoms with Crippen LogP contribution >= 0.6 is 15.9 Å². The molecule has 0 fully saturated rings. The van der Waals surface area contributed by atoms with E-state index >= 15 is 0 Å². The van der Waals surface area contributed by atoms with E-state index in [4.69, 9.17) is 0 Å². The van der Waals surface area contributed by atoms with Crippen LogP contribution < -0.4 is 0 Å². The van der Waals surface area contributed by atoms with Gasteiger partial charge in [-0.25, -0.2) is 0 Å². The number of fused-ring (bicyclic) bond motifs is 1. The Balaban J connectivity index is 1.88. The monoisotopic (exact) mass is 361 g/mol. The quantitative estimate of drug-likeness (QED) is 0.879. The molecule has 22 heavy (non-hydrogen) atoms. The lowest BCUT2D eigenvalue weighted by Crippen LogP contribution is -2.42. The minimum atomic E-state index is -0.923. The van der Waals surface area contributed by atoms with Crippen molar-refractivity contribution in [2.45, 2.75) is 18.7 Å². The van der Waals surface area contributed by atoms with Gasteiger partial charge >= 0.3 is 0 Å². The van der Waals surface area contributed by atoms with Crippen LogP contribution in [-0.2, 0) is 6.54 Å². The number of rotatable bonds is 4. The van der Waals surface area contributed by atoms with Crippen molar-refractivity contribution < 1.29 is 15.0 Å². The maximum absolute atomic E-state index is 12.5. The van der Waals surface area contributed by atoms with Crippen LogP contribution in [0.2, 0.25) is 0 Å². The molecule has 2 atom stereocenters. The van der Waals surface area contributed by atoms with Crippen molar-refractivity contribution in [2.75, 3.05) is 6.61 Å². The van der Waals surface area contributed by atoms with E-state index in [1.54, 1.807) is 18.2 Å². The summed E-state index contributed by atoms with van der Waals surface area (Å²) >= 11 is 3.40. The third-order valence-electron chi connectivity index (χ3n) is 3.99. The van der Waals surface area contributed by atoms with Gasteiger partial charge in [0, 0.05) is 16.6 Å². The van der Waals surface area contributed by atoms with Gasteiger partial charge < -0.3 is 15.1 Å². The molecule has 0 saturated heterocycles. The van der Waals surface area contributed by atoms with Crippen LogP contribution in [0.5, 0.6) is 0 Å². The first kappa shape index (κ1) is 15.2. The molecule has 2 aromatic rings. The SMILES string of the molecule is O=C1c2ccc(Br)cc2CN1C(CO)C(O)c1ccccc1. The molecule has 3 rings (SSSR count). The molecular weight excluding hydrogens is 346 g/mol. The van der Waals surface area contributed by atoms with Crippen molar-refractivity contribution in [3.05, 3.63) is 69.7 Å². The van der Waals surface area contributed by atoms with E-state index in [-0.39, 0.29) is 12.5 Å². The molecule has 0 spiro atoms. The molecule has 1 aliphatic heterocycles. The Morgan fingerprint density at radius 1 is 1.18 bits per heavy atom. The number of aliphatic hydroxyl groups excluding tert-OH is 2. The van der Waals surface area contributed by atoms with E-state index in [2.05, 4.69) is 15.9 Å². The van der Waals surface area contributed by atoms with Crippen molar-refractivity contribution in [1.82, 2.24) is 4.90 Å². The smallest absolute Gasteiger partial charge is 0.254 e. The molecule has 114 valence electrons. The number of nitrogens with zero attached hydrogens (tertiary/aromatic N) is 1. The van der Waals surface area contributed by atoms with Crippen molar-refractivity contribution >= 4 is 21.8 Å². The molecule has 0 aliphatic carbocycles. The van der Waals surface area contributed by atoms with E-state index in [0.29, 0.717) is 17.7 Å². The molecule has 0 bridgehead atoms. The van der Waals surface area contributed by atoms with Crippen molar-refractivity contribution in [3.8, 4) is 0 Å². The summed E-state index contributed by atoms with van der Waals surface area (Å²) in [6.45, 7) is 0.0969. The number of hydrogen-bond acceptors (Lipinski definition) is 3. The van der Waals surface area contributed by atoms with Crippen molar-refractivity contribution in [2.24, 2.45) is 0 Å². The Morgan fingerprint density at radius 3 is 2.59 bits per heavy atom. The normalized spacial score (nSPS) is 16.5. The molecular formula is C17H16BrNO3. The van der Waals surface area contributed by atoms with Gasteiger partial charge in [-0.3, -0.25) is 4.79 Å². The fourth-order valence-electron chi connectivity index (χ4n) is 2.82. The van der Waals surface area contributed by atoms with Gasteiger partial charge in [0.2, 0.25) is 0 Å². The van der Waals surface area contributed by atoms with Crippen LogP contribution in [0.4, 0.5) is 0 Å². The summed E-state index contributed by atoms with van der Waals surface area (Å²) < 4.78 is 0.907. The lowest BCUT2D eigenvalue weighted by molar-refractivity contribution is 0.0152. The predicted octanol–water partition coefficient (Wildman–Crippen LogP) is 2.50. The molecule has 0 aromatic heterocycles. The molecule has 1 aliphatic rings. The Bertz CT molecular complexity index is 690. The number of amides is 1. The van der Waals surface area contributed by atoms with Crippen LogP contribution in [-0.4, -0.2) is 33.7 Å². The minimum absolute atomic E-state index is 0.156. The lowest BCUT2D eigenvalue weighted by atomic mass is 10.0. The Morgan fingerprint density at radius 2 is 1.91 bits per heavy atom. The first-order chi connectivity index (χ1) is 10.6. The Hall–Kier alpha value is -1.69. The first-order valence-corrected chi connectivity index (χ1v) is 7.84. The highest BCUT2D eigenvalue weighted by Crippen LogP contribution is 2.31. The summed E-state index contributed by atoms with van der Waals surface area (Å²) in [5, 5.41) is 20.2.